The summed E-state index contributed by atoms with van der Waals surface area (Å²) in [6.45, 7) is -0.239. The summed E-state index contributed by atoms with van der Waals surface area (Å²) in [6.07, 6.45) is 2.15. The third kappa shape index (κ3) is 2.50. The molecule has 0 amide bonds. The van der Waals surface area contributed by atoms with Gasteiger partial charge in [0, 0.05) is 0 Å². The van der Waals surface area contributed by atoms with Gasteiger partial charge in [-0.05, 0) is 4.92 Å². The van der Waals surface area contributed by atoms with E-state index in [0.29, 0.717) is 4.74 Å². The summed E-state index contributed by atoms with van der Waals surface area (Å²) in [7, 11) is 1.24. The van der Waals surface area contributed by atoms with Crippen LogP contribution in [0.4, 0.5) is 5.82 Å². The summed E-state index contributed by atoms with van der Waals surface area (Å²) >= 11 is 0. The van der Waals surface area contributed by atoms with Crippen LogP contribution in [0, 0.1) is 15.3 Å². The highest BCUT2D eigenvalue weighted by Crippen LogP contribution is 2.12. The van der Waals surface area contributed by atoms with Crippen molar-refractivity contribution in [2.45, 2.75) is 6.54 Å². The molecular weight excluding hydrogens is 204 g/mol. The lowest BCUT2D eigenvalue weighted by Gasteiger charge is -1.99. The molecule has 0 aliphatic rings. The van der Waals surface area contributed by atoms with Gasteiger partial charge >= 0.3 is 5.82 Å². The van der Waals surface area contributed by atoms with Crippen molar-refractivity contribution in [2.75, 3.05) is 13.7 Å². The lowest BCUT2D eigenvalue weighted by atomic mass is 10.5. The van der Waals surface area contributed by atoms with Crippen LogP contribution in [0.2, 0.25) is 0 Å². The van der Waals surface area contributed by atoms with Crippen molar-refractivity contribution in [2.24, 2.45) is 0 Å². The Kier molecular flexibility index (Phi) is 3.34. The highest BCUT2D eigenvalue weighted by molar-refractivity contribution is 5.71. The second-order valence-electron chi connectivity index (χ2n) is 2.78. The number of nitro groups is 1. The maximum Gasteiger partial charge on any atom is 0.343 e. The molecule has 0 aliphatic heterocycles. The predicted octanol–water partition coefficient (Wildman–Crippen LogP) is -0.657. The molecule has 15 heavy (non-hydrogen) atoms. The van der Waals surface area contributed by atoms with Crippen LogP contribution in [0.3, 0.4) is 0 Å². The fraction of sp³-hybridized carbons (Fsp3) is 0.429. The first-order valence-corrected chi connectivity index (χ1v) is 4.12. The van der Waals surface area contributed by atoms with Crippen molar-refractivity contribution < 1.29 is 14.8 Å². The number of nitrogens with zero attached hydrogens (tertiary/aromatic N) is 4. The molecule has 0 bridgehead atoms. The second kappa shape index (κ2) is 4.51. The van der Waals surface area contributed by atoms with Crippen molar-refractivity contribution in [3.8, 4) is 0 Å². The van der Waals surface area contributed by atoms with Crippen LogP contribution in [0.25, 0.3) is 0 Å². The topological polar surface area (TPSA) is 107 Å². The number of hydroxylamine groups is 1. The summed E-state index contributed by atoms with van der Waals surface area (Å²) in [5.41, 5.74) is 0. The van der Waals surface area contributed by atoms with Crippen molar-refractivity contribution >= 4 is 12.0 Å². The summed E-state index contributed by atoms with van der Waals surface area (Å²) in [4.78, 5) is 13.6. The molecule has 82 valence electrons. The Morgan fingerprint density at radius 1 is 1.67 bits per heavy atom. The molecule has 1 heterocycles. The van der Waals surface area contributed by atoms with Crippen LogP contribution in [0.1, 0.15) is 5.82 Å². The Bertz CT molecular complexity index is 394. The van der Waals surface area contributed by atoms with Gasteiger partial charge in [-0.1, -0.05) is 0 Å². The van der Waals surface area contributed by atoms with Gasteiger partial charge in [-0.2, -0.15) is 4.57 Å². The Balaban J connectivity index is 3.17. The Hall–Kier alpha value is -1.96. The van der Waals surface area contributed by atoms with Gasteiger partial charge in [0.1, 0.15) is 19.8 Å². The number of aliphatic hydroxyl groups is 1. The van der Waals surface area contributed by atoms with E-state index in [1.165, 1.54) is 7.05 Å². The largest absolute Gasteiger partial charge is 0.624 e. The summed E-state index contributed by atoms with van der Waals surface area (Å²) in [5, 5.41) is 30.0. The molecule has 0 radical (unpaired) electrons. The minimum atomic E-state index is -0.620. The van der Waals surface area contributed by atoms with Crippen molar-refractivity contribution in [1.29, 1.82) is 0 Å². The average molecular weight is 214 g/mol. The molecule has 0 fully saturated rings. The summed E-state index contributed by atoms with van der Waals surface area (Å²) < 4.78 is 1.65. The first-order valence-electron chi connectivity index (χ1n) is 4.12. The first-order chi connectivity index (χ1) is 7.06. The normalized spacial score (nSPS) is 11.7. The summed E-state index contributed by atoms with van der Waals surface area (Å²) in [6, 6.07) is 0. The number of imidazole rings is 1. The maximum atomic E-state index is 10.7. The average Bonchev–Trinajstić information content (AvgIpc) is 2.48. The van der Waals surface area contributed by atoms with Crippen LogP contribution in [0.5, 0.6) is 0 Å². The zero-order valence-corrected chi connectivity index (χ0v) is 8.03. The van der Waals surface area contributed by atoms with E-state index in [1.807, 2.05) is 0 Å². The second-order valence-corrected chi connectivity index (χ2v) is 2.78. The number of hydrogen-bond donors (Lipinski definition) is 1. The molecule has 1 N–H and O–H groups in total. The van der Waals surface area contributed by atoms with Crippen LogP contribution < -0.4 is 0 Å². The van der Waals surface area contributed by atoms with Gasteiger partial charge in [0.2, 0.25) is 6.21 Å². The van der Waals surface area contributed by atoms with E-state index in [9.17, 15) is 15.3 Å². The lowest BCUT2D eigenvalue weighted by molar-refractivity contribution is -0.417. The SMILES string of the molecule is C/[N+]([O-])=C\c1ncc([N+](=O)[O-])n1CCO. The van der Waals surface area contributed by atoms with E-state index in [0.717, 1.165) is 17.0 Å². The Morgan fingerprint density at radius 2 is 2.33 bits per heavy atom. The molecule has 0 spiro atoms. The van der Waals surface area contributed by atoms with E-state index < -0.39 is 4.92 Å². The van der Waals surface area contributed by atoms with Crippen molar-refractivity contribution in [1.82, 2.24) is 9.55 Å². The third-order valence-electron chi connectivity index (χ3n) is 1.67. The van der Waals surface area contributed by atoms with E-state index >= 15 is 0 Å². The van der Waals surface area contributed by atoms with E-state index in [2.05, 4.69) is 4.98 Å². The fourth-order valence-corrected chi connectivity index (χ4v) is 1.12. The van der Waals surface area contributed by atoms with Crippen LogP contribution in [-0.2, 0) is 6.54 Å². The molecule has 0 atom stereocenters. The van der Waals surface area contributed by atoms with E-state index in [4.69, 9.17) is 5.11 Å². The smallest absolute Gasteiger partial charge is 0.343 e. The molecule has 1 rings (SSSR count). The summed E-state index contributed by atoms with van der Waals surface area (Å²) in [5.74, 6) is -0.106. The minimum Gasteiger partial charge on any atom is -0.624 e. The Labute approximate surface area is 84.8 Å². The van der Waals surface area contributed by atoms with Gasteiger partial charge in [0.15, 0.2) is 0 Å². The van der Waals surface area contributed by atoms with Gasteiger partial charge in [0.05, 0.1) is 6.61 Å². The zero-order valence-electron chi connectivity index (χ0n) is 8.03. The highest BCUT2D eigenvalue weighted by atomic mass is 16.6. The molecule has 0 saturated carbocycles. The predicted molar refractivity (Wildman–Crippen MR) is 50.7 cm³/mol. The molecule has 1 aromatic rings. The molecular formula is C7H10N4O4. The molecule has 1 aromatic heterocycles. The molecule has 8 nitrogen and oxygen atoms in total. The molecule has 0 saturated heterocycles. The third-order valence-corrected chi connectivity index (χ3v) is 1.67. The molecule has 0 unspecified atom stereocenters. The molecule has 8 heteroatoms. The van der Waals surface area contributed by atoms with Gasteiger partial charge in [-0.3, -0.25) is 0 Å². The van der Waals surface area contributed by atoms with Crippen molar-refractivity contribution in [3.05, 3.63) is 27.3 Å². The minimum absolute atomic E-state index is 0.0238. The Morgan fingerprint density at radius 3 is 2.80 bits per heavy atom. The van der Waals surface area contributed by atoms with Gasteiger partial charge < -0.3 is 20.4 Å². The van der Waals surface area contributed by atoms with Crippen molar-refractivity contribution in [3.63, 3.8) is 0 Å². The standard InChI is InChI=1S/C7H10N4O4/c1-9(13)5-6-8-4-7(11(14)15)10(6)2-3-12/h4-5,12H,2-3H2,1H3/b9-5+. The number of hydrogen-bond acceptors (Lipinski definition) is 5. The zero-order chi connectivity index (χ0) is 11.4. The lowest BCUT2D eigenvalue weighted by Crippen LogP contribution is -2.12. The molecule has 0 aromatic carbocycles. The van der Waals surface area contributed by atoms with Crippen LogP contribution in [-0.4, -0.2) is 44.2 Å². The number of rotatable bonds is 4. The van der Waals surface area contributed by atoms with Crippen LogP contribution in [0.15, 0.2) is 6.20 Å². The monoisotopic (exact) mass is 214 g/mol. The van der Waals surface area contributed by atoms with E-state index in [1.54, 1.807) is 0 Å². The van der Waals surface area contributed by atoms with Crippen LogP contribution >= 0.6 is 0 Å². The highest BCUT2D eigenvalue weighted by Gasteiger charge is 2.19. The molecule has 0 aliphatic carbocycles. The maximum absolute atomic E-state index is 10.7. The van der Waals surface area contributed by atoms with Gasteiger partial charge in [0.25, 0.3) is 5.82 Å². The number of aliphatic hydroxyl groups excluding tert-OH is 1. The number of aromatic nitrogens is 2. The van der Waals surface area contributed by atoms with Gasteiger partial charge in [-0.25, -0.2) is 9.72 Å². The first kappa shape index (κ1) is 11.1. The van der Waals surface area contributed by atoms with E-state index in [-0.39, 0.29) is 24.8 Å². The fourth-order valence-electron chi connectivity index (χ4n) is 1.12. The quantitative estimate of drug-likeness (QED) is 0.235. The van der Waals surface area contributed by atoms with Gasteiger partial charge in [-0.15, -0.1) is 0 Å².